The maximum Gasteiger partial charge on any atom is 0.344 e. The lowest BCUT2D eigenvalue weighted by Crippen LogP contribution is -2.46. The van der Waals surface area contributed by atoms with Gasteiger partial charge in [-0.2, -0.15) is 5.26 Å². The maximum atomic E-state index is 11.8. The van der Waals surface area contributed by atoms with Gasteiger partial charge in [-0.15, -0.1) is 0 Å². The van der Waals surface area contributed by atoms with E-state index in [0.29, 0.717) is 18.6 Å². The lowest BCUT2D eigenvalue weighted by atomic mass is 10.00. The van der Waals surface area contributed by atoms with Gasteiger partial charge in [0.25, 0.3) is 5.91 Å². The first-order valence-electron chi connectivity index (χ1n) is 8.16. The zero-order valence-electron chi connectivity index (χ0n) is 13.8. The van der Waals surface area contributed by atoms with Crippen LogP contribution in [-0.2, 0) is 20.7 Å². The largest absolute Gasteiger partial charge is 0.482 e. The lowest BCUT2D eigenvalue weighted by Gasteiger charge is -2.21. The van der Waals surface area contributed by atoms with Crippen LogP contribution in [0.25, 0.3) is 0 Å². The Morgan fingerprint density at radius 1 is 1.21 bits per heavy atom. The zero-order valence-corrected chi connectivity index (χ0v) is 13.8. The summed E-state index contributed by atoms with van der Waals surface area (Å²) in [7, 11) is 0. The smallest absolute Gasteiger partial charge is 0.344 e. The van der Waals surface area contributed by atoms with Crippen molar-refractivity contribution in [3.05, 3.63) is 29.8 Å². The van der Waals surface area contributed by atoms with Crippen molar-refractivity contribution in [2.24, 2.45) is 0 Å². The maximum absolute atomic E-state index is 11.8. The van der Waals surface area contributed by atoms with Gasteiger partial charge in [-0.25, -0.2) is 4.79 Å². The van der Waals surface area contributed by atoms with Crippen molar-refractivity contribution >= 4 is 11.9 Å². The average molecular weight is 330 g/mol. The fourth-order valence-electron chi connectivity index (χ4n) is 2.70. The van der Waals surface area contributed by atoms with Crippen LogP contribution in [-0.4, -0.2) is 30.6 Å². The number of aryl methyl sites for hydroxylation is 1. The third kappa shape index (κ3) is 4.98. The number of ether oxygens (including phenoxy) is 2. The Balaban J connectivity index is 1.70. The van der Waals surface area contributed by atoms with Crippen molar-refractivity contribution in [3.8, 4) is 11.8 Å². The molecule has 128 valence electrons. The van der Waals surface area contributed by atoms with Gasteiger partial charge in [-0.05, 0) is 49.8 Å². The highest BCUT2D eigenvalue weighted by Gasteiger charge is 2.35. The monoisotopic (exact) mass is 330 g/mol. The Kier molecular flexibility index (Phi) is 6.19. The molecule has 6 nitrogen and oxygen atoms in total. The van der Waals surface area contributed by atoms with E-state index in [1.165, 1.54) is 5.56 Å². The van der Waals surface area contributed by atoms with Gasteiger partial charge in [0.15, 0.2) is 13.2 Å². The number of esters is 1. The number of hydrogen-bond donors (Lipinski definition) is 1. The molecule has 0 aliphatic heterocycles. The highest BCUT2D eigenvalue weighted by atomic mass is 16.6. The molecule has 1 fully saturated rings. The van der Waals surface area contributed by atoms with Crippen molar-refractivity contribution in [2.45, 2.75) is 44.6 Å². The number of nitrogens with one attached hydrogen (secondary N) is 1. The summed E-state index contributed by atoms with van der Waals surface area (Å²) >= 11 is 0. The second kappa shape index (κ2) is 8.34. The molecule has 1 aromatic carbocycles. The highest BCUT2D eigenvalue weighted by Crippen LogP contribution is 2.28. The summed E-state index contributed by atoms with van der Waals surface area (Å²) in [5.74, 6) is -0.510. The van der Waals surface area contributed by atoms with Gasteiger partial charge < -0.3 is 14.8 Å². The Bertz CT molecular complexity index is 613. The summed E-state index contributed by atoms with van der Waals surface area (Å²) in [6.07, 6.45) is 4.04. The number of carbonyl (C=O) groups is 2. The van der Waals surface area contributed by atoms with E-state index in [1.807, 2.05) is 12.1 Å². The van der Waals surface area contributed by atoms with Crippen LogP contribution in [0.2, 0.25) is 0 Å². The quantitative estimate of drug-likeness (QED) is 0.774. The van der Waals surface area contributed by atoms with Gasteiger partial charge in [0, 0.05) is 0 Å². The number of nitriles is 1. The van der Waals surface area contributed by atoms with Crippen LogP contribution in [0.3, 0.4) is 0 Å². The topological polar surface area (TPSA) is 88.4 Å². The molecular weight excluding hydrogens is 308 g/mol. The highest BCUT2D eigenvalue weighted by molar-refractivity contribution is 5.81. The third-order valence-corrected chi connectivity index (χ3v) is 4.10. The minimum Gasteiger partial charge on any atom is -0.482 e. The summed E-state index contributed by atoms with van der Waals surface area (Å²) in [6, 6.07) is 9.58. The molecular formula is C18H22N2O4. The van der Waals surface area contributed by atoms with Gasteiger partial charge in [-0.1, -0.05) is 19.1 Å². The minimum absolute atomic E-state index is 0.262. The van der Waals surface area contributed by atoms with E-state index in [2.05, 4.69) is 18.3 Å². The third-order valence-electron chi connectivity index (χ3n) is 4.10. The van der Waals surface area contributed by atoms with Crippen LogP contribution in [0.15, 0.2) is 24.3 Å². The normalized spacial score (nSPS) is 15.3. The minimum atomic E-state index is -0.805. The molecule has 1 N–H and O–H groups in total. The second-order valence-electron chi connectivity index (χ2n) is 5.90. The molecule has 0 radical (unpaired) electrons. The van der Waals surface area contributed by atoms with Crippen molar-refractivity contribution in [3.63, 3.8) is 0 Å². The van der Waals surface area contributed by atoms with Crippen LogP contribution in [0.5, 0.6) is 5.75 Å². The molecule has 6 heteroatoms. The lowest BCUT2D eigenvalue weighted by molar-refractivity contribution is -0.150. The van der Waals surface area contributed by atoms with Crippen LogP contribution < -0.4 is 10.1 Å². The van der Waals surface area contributed by atoms with E-state index in [-0.39, 0.29) is 6.61 Å². The Morgan fingerprint density at radius 2 is 1.88 bits per heavy atom. The summed E-state index contributed by atoms with van der Waals surface area (Å²) in [6.45, 7) is 1.39. The first kappa shape index (κ1) is 17.8. The van der Waals surface area contributed by atoms with Gasteiger partial charge in [0.2, 0.25) is 0 Å². The summed E-state index contributed by atoms with van der Waals surface area (Å²) in [5.41, 5.74) is 0.376. The van der Waals surface area contributed by atoms with Gasteiger partial charge >= 0.3 is 5.97 Å². The summed E-state index contributed by atoms with van der Waals surface area (Å²) < 4.78 is 10.2. The Labute approximate surface area is 141 Å². The van der Waals surface area contributed by atoms with E-state index in [1.54, 1.807) is 12.1 Å². The van der Waals surface area contributed by atoms with Gasteiger partial charge in [-0.3, -0.25) is 4.79 Å². The Morgan fingerprint density at radius 3 is 2.46 bits per heavy atom. The Hall–Kier alpha value is -2.55. The van der Waals surface area contributed by atoms with Crippen LogP contribution in [0.4, 0.5) is 0 Å². The fourth-order valence-corrected chi connectivity index (χ4v) is 2.70. The van der Waals surface area contributed by atoms with Crippen molar-refractivity contribution in [2.75, 3.05) is 13.2 Å². The first-order valence-corrected chi connectivity index (χ1v) is 8.16. The van der Waals surface area contributed by atoms with E-state index >= 15 is 0 Å². The molecule has 0 saturated heterocycles. The molecule has 1 saturated carbocycles. The number of nitrogens with zero attached hydrogens (tertiary/aromatic N) is 1. The molecule has 1 aromatic rings. The van der Waals surface area contributed by atoms with E-state index in [9.17, 15) is 14.9 Å². The second-order valence-corrected chi connectivity index (χ2v) is 5.90. The molecule has 2 rings (SSSR count). The first-order chi connectivity index (χ1) is 11.6. The summed E-state index contributed by atoms with van der Waals surface area (Å²) in [4.78, 5) is 23.5. The van der Waals surface area contributed by atoms with Crippen LogP contribution in [0.1, 0.15) is 38.2 Å². The predicted octanol–water partition coefficient (Wildman–Crippen LogP) is 2.12. The fraction of sp³-hybridized carbons (Fsp3) is 0.500. The van der Waals surface area contributed by atoms with Gasteiger partial charge in [0.05, 0.1) is 6.07 Å². The van der Waals surface area contributed by atoms with E-state index in [4.69, 9.17) is 9.47 Å². The van der Waals surface area contributed by atoms with Gasteiger partial charge in [0.1, 0.15) is 11.3 Å². The van der Waals surface area contributed by atoms with E-state index < -0.39 is 24.0 Å². The standard InChI is InChI=1S/C18H22N2O4/c1-2-14-5-7-15(8-6-14)23-12-17(22)24-11-16(21)20-18(13-19)9-3-4-10-18/h5-8H,2-4,9-12H2,1H3,(H,20,21). The molecule has 0 atom stereocenters. The van der Waals surface area contributed by atoms with Crippen molar-refractivity contribution < 1.29 is 19.1 Å². The van der Waals surface area contributed by atoms with E-state index in [0.717, 1.165) is 19.3 Å². The molecule has 0 aromatic heterocycles. The summed E-state index contributed by atoms with van der Waals surface area (Å²) in [5, 5.41) is 11.9. The molecule has 1 aliphatic carbocycles. The number of rotatable bonds is 7. The number of benzene rings is 1. The number of carbonyl (C=O) groups excluding carboxylic acids is 2. The van der Waals surface area contributed by atoms with Crippen LogP contribution in [0, 0.1) is 11.3 Å². The van der Waals surface area contributed by atoms with Crippen molar-refractivity contribution in [1.82, 2.24) is 5.32 Å². The predicted molar refractivity (Wildman–Crippen MR) is 87.2 cm³/mol. The number of hydrogen-bond acceptors (Lipinski definition) is 5. The molecule has 0 bridgehead atoms. The van der Waals surface area contributed by atoms with Crippen molar-refractivity contribution in [1.29, 1.82) is 5.26 Å². The van der Waals surface area contributed by atoms with Crippen LogP contribution >= 0.6 is 0 Å². The molecule has 0 heterocycles. The molecule has 0 spiro atoms. The molecule has 24 heavy (non-hydrogen) atoms. The zero-order chi connectivity index (χ0) is 17.4. The number of amides is 1. The SMILES string of the molecule is CCc1ccc(OCC(=O)OCC(=O)NC2(C#N)CCCC2)cc1. The molecule has 1 aliphatic rings. The molecule has 0 unspecified atom stereocenters. The molecule has 1 amide bonds. The average Bonchev–Trinajstić information content (AvgIpc) is 3.07.